The van der Waals surface area contributed by atoms with Gasteiger partial charge in [-0.2, -0.15) is 4.31 Å². The topological polar surface area (TPSA) is 49.9 Å². The molecule has 0 aromatic heterocycles. The maximum atomic E-state index is 11.9. The van der Waals surface area contributed by atoms with Gasteiger partial charge in [-0.05, 0) is 36.8 Å². The van der Waals surface area contributed by atoms with E-state index in [1.807, 2.05) is 48.5 Å². The fourth-order valence-corrected chi connectivity index (χ4v) is 4.02. The lowest BCUT2D eigenvalue weighted by Gasteiger charge is -2.33. The van der Waals surface area contributed by atoms with Crippen LogP contribution in [0, 0.1) is 0 Å². The van der Waals surface area contributed by atoms with Crippen LogP contribution in [-0.4, -0.2) is 49.6 Å². The molecule has 6 heteroatoms. The molecule has 3 rings (SSSR count). The lowest BCUT2D eigenvalue weighted by molar-refractivity contribution is 0.181. The number of nitrogens with zero attached hydrogens (tertiary/aromatic N) is 2. The summed E-state index contributed by atoms with van der Waals surface area (Å²) >= 11 is 0. The number of ether oxygens (including phenoxy) is 1. The van der Waals surface area contributed by atoms with Crippen molar-refractivity contribution < 1.29 is 13.2 Å². The van der Waals surface area contributed by atoms with Gasteiger partial charge in [-0.25, -0.2) is 8.42 Å². The quantitative estimate of drug-likeness (QED) is 0.795. The molecule has 5 nitrogen and oxygen atoms in total. The summed E-state index contributed by atoms with van der Waals surface area (Å²) in [5.41, 5.74) is 1.17. The first-order valence-corrected chi connectivity index (χ1v) is 10.2. The van der Waals surface area contributed by atoms with Crippen LogP contribution in [0.25, 0.3) is 0 Å². The molecule has 0 unspecified atom stereocenters. The van der Waals surface area contributed by atoms with Gasteiger partial charge < -0.3 is 4.74 Å². The number of benzene rings is 2. The van der Waals surface area contributed by atoms with Gasteiger partial charge in [0.2, 0.25) is 10.0 Å². The van der Waals surface area contributed by atoms with E-state index in [9.17, 15) is 8.42 Å². The molecule has 1 heterocycles. The third-order valence-electron chi connectivity index (χ3n) is 4.37. The lowest BCUT2D eigenvalue weighted by Crippen LogP contribution is -2.48. The highest BCUT2D eigenvalue weighted by atomic mass is 32.2. The molecule has 1 fully saturated rings. The Morgan fingerprint density at radius 3 is 2.28 bits per heavy atom. The van der Waals surface area contributed by atoms with E-state index >= 15 is 0 Å². The zero-order chi connectivity index (χ0) is 17.7. The summed E-state index contributed by atoms with van der Waals surface area (Å²) in [7, 11) is -3.07. The van der Waals surface area contributed by atoms with E-state index in [0.717, 1.165) is 31.1 Å². The third-order valence-corrected chi connectivity index (χ3v) is 6.25. The van der Waals surface area contributed by atoms with Gasteiger partial charge >= 0.3 is 0 Å². The van der Waals surface area contributed by atoms with Crippen LogP contribution in [0.2, 0.25) is 0 Å². The van der Waals surface area contributed by atoms with E-state index in [0.29, 0.717) is 13.1 Å². The second-order valence-electron chi connectivity index (χ2n) is 6.14. The van der Waals surface area contributed by atoms with Crippen LogP contribution in [-0.2, 0) is 16.6 Å². The Balaban J connectivity index is 1.58. The first-order valence-electron chi connectivity index (χ1n) is 8.59. The van der Waals surface area contributed by atoms with Crippen molar-refractivity contribution in [2.45, 2.75) is 13.5 Å². The van der Waals surface area contributed by atoms with E-state index in [-0.39, 0.29) is 5.75 Å². The number of rotatable bonds is 6. The van der Waals surface area contributed by atoms with Gasteiger partial charge in [0.05, 0.1) is 5.75 Å². The Morgan fingerprint density at radius 1 is 0.920 bits per heavy atom. The Bertz CT molecular complexity index is 785. The van der Waals surface area contributed by atoms with Crippen LogP contribution in [0.3, 0.4) is 0 Å². The first-order chi connectivity index (χ1) is 12.1. The summed E-state index contributed by atoms with van der Waals surface area (Å²) in [5, 5.41) is 0. The van der Waals surface area contributed by atoms with Crippen molar-refractivity contribution >= 4 is 10.0 Å². The second kappa shape index (κ2) is 7.99. The largest absolute Gasteiger partial charge is 0.457 e. The second-order valence-corrected chi connectivity index (χ2v) is 8.40. The predicted octanol–water partition coefficient (Wildman–Crippen LogP) is 2.95. The number of para-hydroxylation sites is 1. The fraction of sp³-hybridized carbons (Fsp3) is 0.368. The molecule has 2 aromatic carbocycles. The van der Waals surface area contributed by atoms with E-state index in [2.05, 4.69) is 11.0 Å². The molecule has 25 heavy (non-hydrogen) atoms. The van der Waals surface area contributed by atoms with Crippen molar-refractivity contribution in [3.05, 3.63) is 60.2 Å². The fourth-order valence-electron chi connectivity index (χ4n) is 2.94. The van der Waals surface area contributed by atoms with Gasteiger partial charge in [0, 0.05) is 32.7 Å². The first kappa shape index (κ1) is 17.9. The summed E-state index contributed by atoms with van der Waals surface area (Å²) in [5.74, 6) is 1.81. The molecule has 1 aliphatic rings. The Hall–Kier alpha value is -1.89. The molecule has 1 saturated heterocycles. The summed E-state index contributed by atoms with van der Waals surface area (Å²) in [6.45, 7) is 5.13. The number of hydrogen-bond acceptors (Lipinski definition) is 4. The lowest BCUT2D eigenvalue weighted by atomic mass is 10.2. The molecule has 1 aliphatic heterocycles. The van der Waals surface area contributed by atoms with Crippen molar-refractivity contribution in [3.8, 4) is 11.5 Å². The minimum Gasteiger partial charge on any atom is -0.457 e. The van der Waals surface area contributed by atoms with Gasteiger partial charge in [0.25, 0.3) is 0 Å². The maximum absolute atomic E-state index is 11.9. The molecule has 0 atom stereocenters. The zero-order valence-corrected chi connectivity index (χ0v) is 15.3. The highest BCUT2D eigenvalue weighted by Gasteiger charge is 2.25. The van der Waals surface area contributed by atoms with E-state index in [1.54, 1.807) is 11.2 Å². The monoisotopic (exact) mass is 360 g/mol. The third kappa shape index (κ3) is 4.81. The van der Waals surface area contributed by atoms with Crippen LogP contribution >= 0.6 is 0 Å². The van der Waals surface area contributed by atoms with Crippen molar-refractivity contribution in [2.75, 3.05) is 31.9 Å². The minimum absolute atomic E-state index is 0.172. The summed E-state index contributed by atoms with van der Waals surface area (Å²) in [4.78, 5) is 2.28. The summed E-state index contributed by atoms with van der Waals surface area (Å²) in [6.07, 6.45) is 0. The molecule has 0 aliphatic carbocycles. The van der Waals surface area contributed by atoms with Crippen LogP contribution in [0.1, 0.15) is 12.5 Å². The van der Waals surface area contributed by atoms with Crippen molar-refractivity contribution in [1.82, 2.24) is 9.21 Å². The molecular formula is C19H24N2O3S. The normalized spacial score (nSPS) is 16.7. The van der Waals surface area contributed by atoms with E-state index in [1.165, 1.54) is 5.56 Å². The SMILES string of the molecule is CCS(=O)(=O)N1CCN(Cc2cccc(Oc3ccccc3)c2)CC1. The Labute approximate surface area is 149 Å². The Kier molecular flexibility index (Phi) is 5.73. The molecule has 0 spiro atoms. The van der Waals surface area contributed by atoms with Gasteiger partial charge in [-0.1, -0.05) is 30.3 Å². The highest BCUT2D eigenvalue weighted by molar-refractivity contribution is 7.89. The minimum atomic E-state index is -3.07. The van der Waals surface area contributed by atoms with E-state index < -0.39 is 10.0 Å². The van der Waals surface area contributed by atoms with E-state index in [4.69, 9.17) is 4.74 Å². The van der Waals surface area contributed by atoms with Crippen molar-refractivity contribution in [3.63, 3.8) is 0 Å². The Morgan fingerprint density at radius 2 is 1.60 bits per heavy atom. The molecule has 2 aromatic rings. The van der Waals surface area contributed by atoms with Crippen molar-refractivity contribution in [1.29, 1.82) is 0 Å². The standard InChI is InChI=1S/C19H24N2O3S/c1-2-25(22,23)21-13-11-20(12-14-21)16-17-7-6-10-19(15-17)24-18-8-4-3-5-9-18/h3-10,15H,2,11-14,16H2,1H3. The van der Waals surface area contributed by atoms with Crippen molar-refractivity contribution in [2.24, 2.45) is 0 Å². The predicted molar refractivity (Wildman–Crippen MR) is 99.3 cm³/mol. The molecule has 0 saturated carbocycles. The van der Waals surface area contributed by atoms with Gasteiger partial charge in [0.1, 0.15) is 11.5 Å². The van der Waals surface area contributed by atoms with Gasteiger partial charge in [-0.15, -0.1) is 0 Å². The molecular weight excluding hydrogens is 336 g/mol. The number of hydrogen-bond donors (Lipinski definition) is 0. The molecule has 0 N–H and O–H groups in total. The average Bonchev–Trinajstić information content (AvgIpc) is 2.63. The number of sulfonamides is 1. The van der Waals surface area contributed by atoms with Crippen LogP contribution < -0.4 is 4.74 Å². The molecule has 0 bridgehead atoms. The molecule has 134 valence electrons. The zero-order valence-electron chi connectivity index (χ0n) is 14.5. The van der Waals surface area contributed by atoms with Crippen LogP contribution in [0.15, 0.2) is 54.6 Å². The summed E-state index contributed by atoms with van der Waals surface area (Å²) < 4.78 is 31.3. The van der Waals surface area contributed by atoms with Gasteiger partial charge in [-0.3, -0.25) is 4.90 Å². The van der Waals surface area contributed by atoms with Crippen LogP contribution in [0.5, 0.6) is 11.5 Å². The smallest absolute Gasteiger partial charge is 0.213 e. The van der Waals surface area contributed by atoms with Crippen LogP contribution in [0.4, 0.5) is 0 Å². The molecule has 0 radical (unpaired) electrons. The average molecular weight is 360 g/mol. The van der Waals surface area contributed by atoms with Gasteiger partial charge in [0.15, 0.2) is 0 Å². The molecule has 0 amide bonds. The summed E-state index contributed by atoms with van der Waals surface area (Å²) in [6, 6.07) is 17.8. The number of piperazine rings is 1. The highest BCUT2D eigenvalue weighted by Crippen LogP contribution is 2.22. The maximum Gasteiger partial charge on any atom is 0.213 e.